The fourth-order valence-corrected chi connectivity index (χ4v) is 0.642. The van der Waals surface area contributed by atoms with Gasteiger partial charge in [-0.05, 0) is 0 Å². The van der Waals surface area contributed by atoms with E-state index in [1.165, 1.54) is 0 Å². The van der Waals surface area contributed by atoms with Crippen LogP contribution in [0.25, 0.3) is 0 Å². The minimum atomic E-state index is 0. The summed E-state index contributed by atoms with van der Waals surface area (Å²) in [7, 11) is 0. The van der Waals surface area contributed by atoms with Gasteiger partial charge in [0.15, 0.2) is 0 Å². The molecule has 2 rings (SSSR count). The minimum Gasteiger partial charge on any atom is -0.214 e. The van der Waals surface area contributed by atoms with E-state index in [0.717, 1.165) is 0 Å². The zero-order valence-electron chi connectivity index (χ0n) is 6.13. The van der Waals surface area contributed by atoms with Crippen molar-refractivity contribution in [2.24, 2.45) is 0 Å². The second-order valence-electron chi connectivity index (χ2n) is 1.92. The molecule has 0 aliphatic heterocycles. The van der Waals surface area contributed by atoms with Crippen LogP contribution in [0, 0.1) is 0 Å². The molecule has 0 heterocycles. The molecule has 1 radical (unpaired) electrons. The second-order valence-corrected chi connectivity index (χ2v) is 1.92. The van der Waals surface area contributed by atoms with Gasteiger partial charge in [0.25, 0.3) is 0 Å². The Labute approximate surface area is 78.1 Å². The summed E-state index contributed by atoms with van der Waals surface area (Å²) in [5.74, 6) is 0. The number of rotatable bonds is 0. The molecule has 0 N–H and O–H groups in total. The average Bonchev–Trinajstić information content (AvgIpc) is 2.67. The van der Waals surface area contributed by atoms with E-state index in [0.29, 0.717) is 0 Å². The molecule has 0 unspecified atom stereocenters. The molecule has 1 heteroatoms. The number of hydrogen-bond donors (Lipinski definition) is 0. The van der Waals surface area contributed by atoms with Crippen LogP contribution in [0.5, 0.6) is 0 Å². The average molecular weight is 186 g/mol. The molecule has 0 fully saturated rings. The molecule has 0 amide bonds. The largest absolute Gasteiger partial charge is 3.00 e. The second kappa shape index (κ2) is 7.33. The van der Waals surface area contributed by atoms with Crippen molar-refractivity contribution in [2.45, 2.75) is 0 Å². The van der Waals surface area contributed by atoms with Crippen molar-refractivity contribution in [3.63, 3.8) is 0 Å². The predicted molar refractivity (Wildman–Crippen MR) is 44.1 cm³/mol. The van der Waals surface area contributed by atoms with E-state index >= 15 is 0 Å². The summed E-state index contributed by atoms with van der Waals surface area (Å²) in [6.45, 7) is 0. The summed E-state index contributed by atoms with van der Waals surface area (Å²) in [6.07, 6.45) is 0. The van der Waals surface area contributed by atoms with Crippen molar-refractivity contribution in [2.75, 3.05) is 0 Å². The van der Waals surface area contributed by atoms with Gasteiger partial charge in [0, 0.05) is 0 Å². The first-order valence-electron chi connectivity index (χ1n) is 3.33. The van der Waals surface area contributed by atoms with Gasteiger partial charge in [-0.1, -0.05) is 0 Å². The van der Waals surface area contributed by atoms with Crippen LogP contribution in [-0.4, -0.2) is 0 Å². The van der Waals surface area contributed by atoms with Crippen LogP contribution in [0.3, 0.4) is 0 Å². The van der Waals surface area contributed by atoms with E-state index in [-0.39, 0.29) is 17.1 Å². The maximum atomic E-state index is 2.00. The third kappa shape index (κ3) is 5.65. The molecule has 57 valence electrons. The Bertz CT molecular complexity index is 144. The van der Waals surface area contributed by atoms with Gasteiger partial charge >= 0.3 is 17.1 Å². The van der Waals surface area contributed by atoms with Crippen LogP contribution in [0.4, 0.5) is 0 Å². The molecule has 2 aromatic carbocycles. The van der Waals surface area contributed by atoms with E-state index < -0.39 is 0 Å². The minimum absolute atomic E-state index is 0. The fourth-order valence-electron chi connectivity index (χ4n) is 0.642. The summed E-state index contributed by atoms with van der Waals surface area (Å²) >= 11 is 0. The Kier molecular flexibility index (Phi) is 6.81. The maximum absolute atomic E-state index is 2.00. The molecule has 11 heavy (non-hydrogen) atoms. The van der Waals surface area contributed by atoms with Gasteiger partial charge in [-0.2, -0.15) is 36.4 Å². The molecule has 0 saturated carbocycles. The molecule has 0 aromatic heterocycles. The smallest absolute Gasteiger partial charge is 0.214 e. The van der Waals surface area contributed by atoms with Crippen LogP contribution >= 0.6 is 0 Å². The number of hydrogen-bond acceptors (Lipinski definition) is 0. The van der Waals surface area contributed by atoms with E-state index in [1.807, 2.05) is 60.7 Å². The van der Waals surface area contributed by atoms with Crippen LogP contribution in [0.15, 0.2) is 60.7 Å². The van der Waals surface area contributed by atoms with Gasteiger partial charge in [-0.3, -0.25) is 0 Å². The normalized spacial score (nSPS) is 7.27. The van der Waals surface area contributed by atoms with Crippen molar-refractivity contribution in [3.05, 3.63) is 60.7 Å². The van der Waals surface area contributed by atoms with Crippen molar-refractivity contribution in [3.8, 4) is 0 Å². The van der Waals surface area contributed by atoms with Gasteiger partial charge in [0.05, 0.1) is 0 Å². The Balaban J connectivity index is 0.000000167. The standard InChI is InChI=1S/2C5H5.Fe/c2*1-2-4-5-3-1;/h2*1-5H;/q2*-1;+3. The predicted octanol–water partition coefficient (Wildman–Crippen LogP) is 2.81. The monoisotopic (exact) mass is 186 g/mol. The molecule has 0 aliphatic carbocycles. The molecule has 0 aliphatic rings. The van der Waals surface area contributed by atoms with Crippen molar-refractivity contribution >= 4 is 0 Å². The molecular formula is C10H10Fe+. The third-order valence-electron chi connectivity index (χ3n) is 1.11. The fraction of sp³-hybridized carbons (Fsp3) is 0. The first kappa shape index (κ1) is 10.2. The Morgan fingerprint density at radius 1 is 0.545 bits per heavy atom. The SMILES string of the molecule is [Fe+3].c1cc[cH-]c1.c1cc[cH-]c1. The summed E-state index contributed by atoms with van der Waals surface area (Å²) in [4.78, 5) is 0. The van der Waals surface area contributed by atoms with Crippen LogP contribution in [0.1, 0.15) is 0 Å². The molecular weight excluding hydrogens is 176 g/mol. The first-order valence-corrected chi connectivity index (χ1v) is 3.33. The summed E-state index contributed by atoms with van der Waals surface area (Å²) in [5.41, 5.74) is 0. The van der Waals surface area contributed by atoms with Crippen molar-refractivity contribution in [1.29, 1.82) is 0 Å². The third-order valence-corrected chi connectivity index (χ3v) is 1.11. The van der Waals surface area contributed by atoms with Crippen LogP contribution < -0.4 is 0 Å². The Morgan fingerprint density at radius 2 is 0.818 bits per heavy atom. The molecule has 0 bridgehead atoms. The summed E-state index contributed by atoms with van der Waals surface area (Å²) < 4.78 is 0. The molecule has 0 spiro atoms. The molecule has 0 atom stereocenters. The zero-order chi connectivity index (χ0) is 7.07. The van der Waals surface area contributed by atoms with Gasteiger partial charge in [0.2, 0.25) is 0 Å². The van der Waals surface area contributed by atoms with E-state index in [1.54, 1.807) is 0 Å². The summed E-state index contributed by atoms with van der Waals surface area (Å²) in [6, 6.07) is 20.0. The topological polar surface area (TPSA) is 0 Å². The summed E-state index contributed by atoms with van der Waals surface area (Å²) in [5, 5.41) is 0. The van der Waals surface area contributed by atoms with Crippen molar-refractivity contribution < 1.29 is 17.1 Å². The van der Waals surface area contributed by atoms with E-state index in [2.05, 4.69) is 0 Å². The molecule has 0 saturated heterocycles. The van der Waals surface area contributed by atoms with E-state index in [4.69, 9.17) is 0 Å². The Hall–Kier alpha value is -0.781. The van der Waals surface area contributed by atoms with Crippen LogP contribution in [-0.2, 0) is 17.1 Å². The van der Waals surface area contributed by atoms with Gasteiger partial charge in [-0.25, -0.2) is 24.3 Å². The van der Waals surface area contributed by atoms with Crippen LogP contribution in [0.2, 0.25) is 0 Å². The van der Waals surface area contributed by atoms with Gasteiger partial charge in [-0.15, -0.1) is 0 Å². The first-order chi connectivity index (χ1) is 5.00. The van der Waals surface area contributed by atoms with Crippen molar-refractivity contribution in [1.82, 2.24) is 0 Å². The van der Waals surface area contributed by atoms with E-state index in [9.17, 15) is 0 Å². The van der Waals surface area contributed by atoms with Gasteiger partial charge in [0.1, 0.15) is 0 Å². The molecule has 2 aromatic rings. The maximum Gasteiger partial charge on any atom is 3.00 e. The molecule has 0 nitrogen and oxygen atoms in total. The Morgan fingerprint density at radius 3 is 0.909 bits per heavy atom. The zero-order valence-corrected chi connectivity index (χ0v) is 7.23. The van der Waals surface area contributed by atoms with Gasteiger partial charge < -0.3 is 0 Å². The quantitative estimate of drug-likeness (QED) is 0.438.